The average Bonchev–Trinajstić information content (AvgIpc) is 3.42. The highest BCUT2D eigenvalue weighted by atomic mass is 16.4. The number of benzene rings is 1. The molecule has 4 rings (SSSR count). The third kappa shape index (κ3) is 3.19. The molecule has 3 aliphatic rings. The predicted octanol–water partition coefficient (Wildman–Crippen LogP) is 5.09. The minimum absolute atomic E-state index is 0.157. The fraction of sp³-hybridized carbons (Fsp3) is 0.696. The summed E-state index contributed by atoms with van der Waals surface area (Å²) < 4.78 is 0. The maximum atomic E-state index is 11.4. The standard InChI is InChI=1S/C23H32O3/c1-2-10-22(26)11-12-23(14-16-6-7-16)19(15-22)5-3-4-17-13-18(21(24)25)8-9-20(17)23/h8-9,13,16,19,26H,2-7,10-12,14-15H2,1H3,(H,24,25)/t19-,22-,23+/m0/s1. The number of aliphatic hydroxyl groups is 1. The van der Waals surface area contributed by atoms with Crippen LogP contribution < -0.4 is 0 Å². The van der Waals surface area contributed by atoms with Crippen molar-refractivity contribution in [3.63, 3.8) is 0 Å². The van der Waals surface area contributed by atoms with E-state index in [-0.39, 0.29) is 5.41 Å². The van der Waals surface area contributed by atoms with E-state index in [0.29, 0.717) is 11.5 Å². The Hall–Kier alpha value is -1.35. The number of aryl methyl sites for hydroxylation is 1. The van der Waals surface area contributed by atoms with E-state index in [4.69, 9.17) is 0 Å². The minimum Gasteiger partial charge on any atom is -0.478 e. The van der Waals surface area contributed by atoms with Crippen LogP contribution in [0.3, 0.4) is 0 Å². The average molecular weight is 357 g/mol. The second-order valence-electron chi connectivity index (χ2n) is 9.25. The van der Waals surface area contributed by atoms with Crippen LogP contribution in [0.15, 0.2) is 18.2 Å². The first kappa shape index (κ1) is 18.0. The third-order valence-corrected chi connectivity index (χ3v) is 7.40. The van der Waals surface area contributed by atoms with E-state index in [9.17, 15) is 15.0 Å². The van der Waals surface area contributed by atoms with Crippen molar-refractivity contribution in [1.29, 1.82) is 0 Å². The van der Waals surface area contributed by atoms with Crippen molar-refractivity contribution in [2.45, 2.75) is 88.6 Å². The number of carboxylic acid groups (broad SMARTS) is 1. The van der Waals surface area contributed by atoms with Gasteiger partial charge in [0.2, 0.25) is 0 Å². The zero-order valence-electron chi connectivity index (χ0n) is 16.0. The molecule has 0 heterocycles. The number of hydrogen-bond donors (Lipinski definition) is 2. The van der Waals surface area contributed by atoms with Gasteiger partial charge in [0, 0.05) is 0 Å². The maximum Gasteiger partial charge on any atom is 0.335 e. The first-order chi connectivity index (χ1) is 12.5. The Morgan fingerprint density at radius 2 is 2.04 bits per heavy atom. The highest BCUT2D eigenvalue weighted by Gasteiger charge is 2.52. The Balaban J connectivity index is 1.75. The second-order valence-corrected chi connectivity index (χ2v) is 9.25. The fourth-order valence-electron chi connectivity index (χ4n) is 6.02. The summed E-state index contributed by atoms with van der Waals surface area (Å²) in [5.74, 6) is 0.538. The molecule has 0 spiro atoms. The van der Waals surface area contributed by atoms with Crippen LogP contribution in [-0.2, 0) is 11.8 Å². The van der Waals surface area contributed by atoms with Gasteiger partial charge in [-0.2, -0.15) is 0 Å². The predicted molar refractivity (Wildman–Crippen MR) is 103 cm³/mol. The zero-order valence-corrected chi connectivity index (χ0v) is 16.0. The molecule has 0 aromatic heterocycles. The Kier molecular flexibility index (Phi) is 4.63. The lowest BCUT2D eigenvalue weighted by Crippen LogP contribution is -2.48. The van der Waals surface area contributed by atoms with Gasteiger partial charge in [0.05, 0.1) is 11.2 Å². The van der Waals surface area contributed by atoms with Crippen LogP contribution in [0.2, 0.25) is 0 Å². The molecular weight excluding hydrogens is 324 g/mol. The van der Waals surface area contributed by atoms with Gasteiger partial charge in [-0.1, -0.05) is 32.3 Å². The molecule has 3 aliphatic carbocycles. The first-order valence-electron chi connectivity index (χ1n) is 10.5. The molecule has 0 aliphatic heterocycles. The lowest BCUT2D eigenvalue weighted by atomic mass is 9.55. The third-order valence-electron chi connectivity index (χ3n) is 7.40. The Bertz CT molecular complexity index is 693. The molecule has 3 heteroatoms. The summed E-state index contributed by atoms with van der Waals surface area (Å²) >= 11 is 0. The van der Waals surface area contributed by atoms with Gasteiger partial charge in [0.1, 0.15) is 0 Å². The molecule has 0 bridgehead atoms. The monoisotopic (exact) mass is 356 g/mol. The Morgan fingerprint density at radius 1 is 1.23 bits per heavy atom. The van der Waals surface area contributed by atoms with Crippen LogP contribution in [-0.4, -0.2) is 21.8 Å². The highest BCUT2D eigenvalue weighted by molar-refractivity contribution is 5.88. The van der Waals surface area contributed by atoms with Crippen LogP contribution in [0.1, 0.15) is 92.6 Å². The minimum atomic E-state index is -0.828. The summed E-state index contributed by atoms with van der Waals surface area (Å²) in [6, 6.07) is 5.87. The topological polar surface area (TPSA) is 57.5 Å². The number of carbonyl (C=O) groups is 1. The number of rotatable bonds is 5. The molecule has 0 unspecified atom stereocenters. The van der Waals surface area contributed by atoms with Crippen molar-refractivity contribution in [2.75, 3.05) is 0 Å². The van der Waals surface area contributed by atoms with Crippen molar-refractivity contribution < 1.29 is 15.0 Å². The smallest absolute Gasteiger partial charge is 0.335 e. The van der Waals surface area contributed by atoms with Gasteiger partial charge in [0.15, 0.2) is 0 Å². The fourth-order valence-corrected chi connectivity index (χ4v) is 6.02. The van der Waals surface area contributed by atoms with E-state index >= 15 is 0 Å². The number of carboxylic acids is 1. The molecule has 1 aromatic rings. The molecule has 0 radical (unpaired) electrons. The normalized spacial score (nSPS) is 33.8. The summed E-state index contributed by atoms with van der Waals surface area (Å²) in [6.45, 7) is 2.17. The largest absolute Gasteiger partial charge is 0.478 e. The maximum absolute atomic E-state index is 11.4. The van der Waals surface area contributed by atoms with Crippen molar-refractivity contribution >= 4 is 5.97 Å². The van der Waals surface area contributed by atoms with Gasteiger partial charge < -0.3 is 10.2 Å². The molecule has 3 atom stereocenters. The summed E-state index contributed by atoms with van der Waals surface area (Å²) in [5, 5.41) is 20.6. The zero-order chi connectivity index (χ0) is 18.4. The van der Waals surface area contributed by atoms with Crippen LogP contribution in [0.4, 0.5) is 0 Å². The van der Waals surface area contributed by atoms with Crippen LogP contribution in [0, 0.1) is 11.8 Å². The SMILES string of the molecule is CCC[C@]1(O)CC[C@]2(CC3CC3)c3ccc(C(=O)O)cc3CCC[C@H]2C1. The number of fused-ring (bicyclic) bond motifs is 3. The van der Waals surface area contributed by atoms with Crippen molar-refractivity contribution in [1.82, 2.24) is 0 Å². The lowest BCUT2D eigenvalue weighted by Gasteiger charge is -2.51. The second kappa shape index (κ2) is 6.67. The molecule has 26 heavy (non-hydrogen) atoms. The van der Waals surface area contributed by atoms with Gasteiger partial charge in [-0.05, 0) is 91.9 Å². The lowest BCUT2D eigenvalue weighted by molar-refractivity contribution is -0.0562. The van der Waals surface area contributed by atoms with E-state index in [2.05, 4.69) is 13.0 Å². The van der Waals surface area contributed by atoms with E-state index in [0.717, 1.165) is 57.3 Å². The molecule has 2 saturated carbocycles. The molecular formula is C23H32O3. The van der Waals surface area contributed by atoms with Crippen molar-refractivity contribution in [3.8, 4) is 0 Å². The first-order valence-corrected chi connectivity index (χ1v) is 10.5. The molecule has 1 aromatic carbocycles. The van der Waals surface area contributed by atoms with Crippen LogP contribution in [0.25, 0.3) is 0 Å². The van der Waals surface area contributed by atoms with Crippen molar-refractivity contribution in [3.05, 3.63) is 34.9 Å². The molecule has 3 nitrogen and oxygen atoms in total. The van der Waals surface area contributed by atoms with Gasteiger partial charge in [-0.25, -0.2) is 4.79 Å². The molecule has 0 saturated heterocycles. The van der Waals surface area contributed by atoms with Gasteiger partial charge in [0.25, 0.3) is 0 Å². The Labute approximate surface area is 156 Å². The number of hydrogen-bond acceptors (Lipinski definition) is 2. The van der Waals surface area contributed by atoms with Gasteiger partial charge in [-0.3, -0.25) is 0 Å². The Morgan fingerprint density at radius 3 is 2.73 bits per heavy atom. The highest BCUT2D eigenvalue weighted by Crippen LogP contribution is 2.57. The summed E-state index contributed by atoms with van der Waals surface area (Å²) in [5.41, 5.74) is 2.76. The number of aromatic carboxylic acids is 1. The summed E-state index contributed by atoms with van der Waals surface area (Å²) in [6.07, 6.45) is 12.0. The van der Waals surface area contributed by atoms with Crippen molar-refractivity contribution in [2.24, 2.45) is 11.8 Å². The van der Waals surface area contributed by atoms with E-state index in [1.807, 2.05) is 12.1 Å². The van der Waals surface area contributed by atoms with Crippen LogP contribution in [0.5, 0.6) is 0 Å². The molecule has 142 valence electrons. The van der Waals surface area contributed by atoms with Gasteiger partial charge in [-0.15, -0.1) is 0 Å². The quantitative estimate of drug-likeness (QED) is 0.772. The molecule has 2 N–H and O–H groups in total. The summed E-state index contributed by atoms with van der Waals surface area (Å²) in [4.78, 5) is 11.4. The van der Waals surface area contributed by atoms with Crippen LogP contribution >= 0.6 is 0 Å². The van der Waals surface area contributed by atoms with Gasteiger partial charge >= 0.3 is 5.97 Å². The van der Waals surface area contributed by atoms with E-state index in [1.165, 1.54) is 30.4 Å². The van der Waals surface area contributed by atoms with E-state index in [1.54, 1.807) is 0 Å². The summed E-state index contributed by atoms with van der Waals surface area (Å²) in [7, 11) is 0. The van der Waals surface area contributed by atoms with E-state index < -0.39 is 11.6 Å². The molecule has 2 fully saturated rings. The molecule has 0 amide bonds.